The molecule has 0 aliphatic rings. The molecule has 3 rings (SSSR count). The first kappa shape index (κ1) is 20.8. The highest BCUT2D eigenvalue weighted by atomic mass is 16.2. The second-order valence-corrected chi connectivity index (χ2v) is 6.80. The Morgan fingerprint density at radius 1 is 1.03 bits per heavy atom. The fourth-order valence-corrected chi connectivity index (χ4v) is 3.25. The number of aryl methyl sites for hydroxylation is 1. The Labute approximate surface area is 174 Å². The van der Waals surface area contributed by atoms with Crippen LogP contribution in [0.4, 0.5) is 5.69 Å². The van der Waals surface area contributed by atoms with Crippen LogP contribution in [0.15, 0.2) is 54.9 Å². The number of carbonyl (C=O) groups excluding carboxylic acids is 3. The number of nitrogens with two attached hydrogens (primary N) is 1. The maximum atomic E-state index is 13.0. The molecule has 8 nitrogen and oxygen atoms in total. The van der Waals surface area contributed by atoms with E-state index in [4.69, 9.17) is 5.73 Å². The number of anilines is 1. The molecule has 0 radical (unpaired) electrons. The third-order valence-electron chi connectivity index (χ3n) is 4.66. The number of benzene rings is 1. The molecule has 0 bridgehead atoms. The van der Waals surface area contributed by atoms with Crippen LogP contribution in [0.5, 0.6) is 0 Å². The van der Waals surface area contributed by atoms with Crippen molar-refractivity contribution in [3.8, 4) is 5.69 Å². The smallest absolute Gasteiger partial charge is 0.257 e. The van der Waals surface area contributed by atoms with Crippen molar-refractivity contribution in [2.24, 2.45) is 5.73 Å². The van der Waals surface area contributed by atoms with Crippen molar-refractivity contribution in [2.45, 2.75) is 20.3 Å². The highest BCUT2D eigenvalue weighted by molar-refractivity contribution is 6.09. The molecule has 30 heavy (non-hydrogen) atoms. The van der Waals surface area contributed by atoms with Crippen molar-refractivity contribution in [3.63, 3.8) is 0 Å². The summed E-state index contributed by atoms with van der Waals surface area (Å²) in [5.74, 6) is -1.22. The predicted molar refractivity (Wildman–Crippen MR) is 114 cm³/mol. The average molecular weight is 405 g/mol. The van der Waals surface area contributed by atoms with Gasteiger partial charge in [0.2, 0.25) is 5.91 Å². The number of aromatic nitrogens is 2. The van der Waals surface area contributed by atoms with E-state index in [1.54, 1.807) is 42.7 Å². The van der Waals surface area contributed by atoms with Gasteiger partial charge >= 0.3 is 0 Å². The molecule has 0 atom stereocenters. The van der Waals surface area contributed by atoms with Crippen molar-refractivity contribution in [2.75, 3.05) is 11.9 Å². The Morgan fingerprint density at radius 2 is 1.80 bits per heavy atom. The lowest BCUT2D eigenvalue weighted by Gasteiger charge is -2.12. The van der Waals surface area contributed by atoms with Gasteiger partial charge < -0.3 is 20.9 Å². The Hall–Kier alpha value is -3.94. The van der Waals surface area contributed by atoms with E-state index in [1.165, 1.54) is 0 Å². The number of nitrogens with one attached hydrogen (secondary N) is 2. The summed E-state index contributed by atoms with van der Waals surface area (Å²) in [5, 5.41) is 5.45. The summed E-state index contributed by atoms with van der Waals surface area (Å²) in [7, 11) is 0. The van der Waals surface area contributed by atoms with Crippen LogP contribution in [0.3, 0.4) is 0 Å². The van der Waals surface area contributed by atoms with Crippen LogP contribution in [0, 0.1) is 13.8 Å². The highest BCUT2D eigenvalue weighted by Crippen LogP contribution is 2.22. The van der Waals surface area contributed by atoms with Crippen molar-refractivity contribution < 1.29 is 14.4 Å². The maximum Gasteiger partial charge on any atom is 0.257 e. The zero-order valence-electron chi connectivity index (χ0n) is 16.8. The lowest BCUT2D eigenvalue weighted by atomic mass is 10.1. The second-order valence-electron chi connectivity index (χ2n) is 6.80. The van der Waals surface area contributed by atoms with Crippen LogP contribution in [0.25, 0.3) is 5.69 Å². The fraction of sp³-hybridized carbons (Fsp3) is 0.182. The Bertz CT molecular complexity index is 1090. The van der Waals surface area contributed by atoms with Gasteiger partial charge in [0.15, 0.2) is 0 Å². The lowest BCUT2D eigenvalue weighted by Crippen LogP contribution is -2.28. The van der Waals surface area contributed by atoms with Crippen molar-refractivity contribution >= 4 is 23.4 Å². The number of nitrogens with zero attached hydrogens (tertiary/aromatic N) is 2. The molecule has 8 heteroatoms. The summed E-state index contributed by atoms with van der Waals surface area (Å²) >= 11 is 0. The van der Waals surface area contributed by atoms with E-state index in [0.717, 1.165) is 17.1 Å². The van der Waals surface area contributed by atoms with Gasteiger partial charge in [-0.2, -0.15) is 0 Å². The van der Waals surface area contributed by atoms with Gasteiger partial charge in [-0.15, -0.1) is 0 Å². The fourth-order valence-electron chi connectivity index (χ4n) is 3.25. The van der Waals surface area contributed by atoms with E-state index in [-0.39, 0.29) is 18.9 Å². The van der Waals surface area contributed by atoms with Crippen molar-refractivity contribution in [3.05, 3.63) is 77.4 Å². The number of amides is 3. The Kier molecular flexibility index (Phi) is 6.26. The first-order chi connectivity index (χ1) is 14.4. The largest absolute Gasteiger partial charge is 0.370 e. The summed E-state index contributed by atoms with van der Waals surface area (Å²) in [6.07, 6.45) is 3.46. The Morgan fingerprint density at radius 3 is 2.50 bits per heavy atom. The standard InChI is InChI=1S/C22H23N5O3/c1-14-12-18(15(2)27(14)16-6-5-10-24-13-16)22(30)26-19-8-4-3-7-17(19)21(29)25-11-9-20(23)28/h3-8,10,12-13H,9,11H2,1-2H3,(H2,23,28)(H,25,29)(H,26,30). The summed E-state index contributed by atoms with van der Waals surface area (Å²) < 4.78 is 1.95. The van der Waals surface area contributed by atoms with Crippen molar-refractivity contribution in [1.29, 1.82) is 0 Å². The first-order valence-corrected chi connectivity index (χ1v) is 9.44. The number of rotatable bonds is 7. The van der Waals surface area contributed by atoms with E-state index in [9.17, 15) is 14.4 Å². The monoisotopic (exact) mass is 405 g/mol. The van der Waals surface area contributed by atoms with Gasteiger partial charge in [-0.05, 0) is 44.2 Å². The molecule has 3 aromatic rings. The third-order valence-corrected chi connectivity index (χ3v) is 4.66. The molecule has 0 aliphatic carbocycles. The molecule has 4 N–H and O–H groups in total. The number of hydrogen-bond acceptors (Lipinski definition) is 4. The summed E-state index contributed by atoms with van der Waals surface area (Å²) in [6, 6.07) is 12.2. The van der Waals surface area contributed by atoms with Gasteiger partial charge in [-0.3, -0.25) is 19.4 Å². The third kappa shape index (κ3) is 4.54. The lowest BCUT2D eigenvalue weighted by molar-refractivity contribution is -0.117. The summed E-state index contributed by atoms with van der Waals surface area (Å²) in [5.41, 5.74) is 8.80. The predicted octanol–water partition coefficient (Wildman–Crippen LogP) is 2.35. The molecular weight excluding hydrogens is 382 g/mol. The van der Waals surface area contributed by atoms with Gasteiger partial charge in [0.1, 0.15) is 0 Å². The normalized spacial score (nSPS) is 10.5. The van der Waals surface area contributed by atoms with Crippen molar-refractivity contribution in [1.82, 2.24) is 14.9 Å². The van der Waals surface area contributed by atoms with Crippen LogP contribution in [0.2, 0.25) is 0 Å². The average Bonchev–Trinajstić information content (AvgIpc) is 3.02. The molecule has 2 aromatic heterocycles. The minimum absolute atomic E-state index is 0.0423. The highest BCUT2D eigenvalue weighted by Gasteiger charge is 2.19. The number of carbonyl (C=O) groups is 3. The van der Waals surface area contributed by atoms with Gasteiger partial charge in [-0.25, -0.2) is 0 Å². The maximum absolute atomic E-state index is 13.0. The molecule has 0 saturated carbocycles. The van der Waals surface area contributed by atoms with E-state index < -0.39 is 11.8 Å². The number of hydrogen-bond donors (Lipinski definition) is 3. The quantitative estimate of drug-likeness (QED) is 0.559. The topological polar surface area (TPSA) is 119 Å². The first-order valence-electron chi connectivity index (χ1n) is 9.44. The SMILES string of the molecule is Cc1cc(C(=O)Nc2ccccc2C(=O)NCCC(N)=O)c(C)n1-c1cccnc1. The molecule has 0 spiro atoms. The van der Waals surface area contributed by atoms with E-state index in [1.807, 2.05) is 30.5 Å². The van der Waals surface area contributed by atoms with Gasteiger partial charge in [0, 0.05) is 30.6 Å². The second kappa shape index (κ2) is 9.04. The molecule has 154 valence electrons. The molecule has 0 aliphatic heterocycles. The molecular formula is C22H23N5O3. The van der Waals surface area contributed by atoms with E-state index in [0.29, 0.717) is 16.8 Å². The molecule has 1 aromatic carbocycles. The molecule has 3 amide bonds. The van der Waals surface area contributed by atoms with E-state index in [2.05, 4.69) is 15.6 Å². The summed E-state index contributed by atoms with van der Waals surface area (Å²) in [4.78, 5) is 40.4. The van der Waals surface area contributed by atoms with E-state index >= 15 is 0 Å². The van der Waals surface area contributed by atoms with Crippen LogP contribution >= 0.6 is 0 Å². The molecule has 0 unspecified atom stereocenters. The van der Waals surface area contributed by atoms with Gasteiger partial charge in [0.25, 0.3) is 11.8 Å². The summed E-state index contributed by atoms with van der Waals surface area (Å²) in [6.45, 7) is 3.90. The molecule has 0 saturated heterocycles. The van der Waals surface area contributed by atoms with Crippen LogP contribution in [0.1, 0.15) is 38.5 Å². The molecule has 0 fully saturated rings. The van der Waals surface area contributed by atoms with Crippen LogP contribution < -0.4 is 16.4 Å². The zero-order chi connectivity index (χ0) is 21.7. The number of primary amides is 1. The minimum Gasteiger partial charge on any atom is -0.370 e. The zero-order valence-corrected chi connectivity index (χ0v) is 16.8. The van der Waals surface area contributed by atoms with Crippen LogP contribution in [-0.2, 0) is 4.79 Å². The minimum atomic E-state index is -0.499. The van der Waals surface area contributed by atoms with Gasteiger partial charge in [0.05, 0.1) is 28.7 Å². The van der Waals surface area contributed by atoms with Crippen LogP contribution in [-0.4, -0.2) is 33.8 Å². The molecule has 2 heterocycles. The van der Waals surface area contributed by atoms with Gasteiger partial charge in [-0.1, -0.05) is 12.1 Å². The Balaban J connectivity index is 1.82. The number of pyridine rings is 1. The number of para-hydroxylation sites is 1.